The lowest BCUT2D eigenvalue weighted by molar-refractivity contribution is 0.411. The number of ether oxygens (including phenoxy) is 1. The first-order valence-electron chi connectivity index (χ1n) is 6.54. The Labute approximate surface area is 133 Å². The lowest BCUT2D eigenvalue weighted by atomic mass is 10.1. The zero-order chi connectivity index (χ0) is 16.1. The van der Waals surface area contributed by atoms with E-state index in [0.717, 1.165) is 16.8 Å². The van der Waals surface area contributed by atoms with Crippen LogP contribution in [0.4, 0.5) is 0 Å². The second-order valence-electron chi connectivity index (χ2n) is 4.63. The van der Waals surface area contributed by atoms with E-state index in [0.29, 0.717) is 27.7 Å². The molecule has 0 aliphatic heterocycles. The lowest BCUT2D eigenvalue weighted by Crippen LogP contribution is -1.99. The number of nitrogens with zero attached hydrogens (tertiary/aromatic N) is 4. The molecule has 1 aromatic carbocycles. The van der Waals surface area contributed by atoms with Crippen LogP contribution in [0.3, 0.4) is 0 Å². The summed E-state index contributed by atoms with van der Waals surface area (Å²) in [6.07, 6.45) is 0. The number of hydrogen-bond donors (Lipinski definition) is 0. The molecule has 2 rings (SSSR count). The largest absolute Gasteiger partial charge is 0.496 e. The van der Waals surface area contributed by atoms with Crippen molar-refractivity contribution in [2.24, 2.45) is 0 Å². The van der Waals surface area contributed by atoms with Gasteiger partial charge >= 0.3 is 0 Å². The number of thioether (sulfide) groups is 1. The molecule has 0 saturated carbocycles. The fourth-order valence-electron chi connectivity index (χ4n) is 1.93. The van der Waals surface area contributed by atoms with Crippen LogP contribution >= 0.6 is 11.8 Å². The number of hydrogen-bond acceptors (Lipinski definition) is 6. The first kappa shape index (κ1) is 15.8. The molecule has 0 saturated heterocycles. The first-order valence-corrected chi connectivity index (χ1v) is 7.53. The molecular weight excluding hydrogens is 296 g/mol. The van der Waals surface area contributed by atoms with E-state index in [1.165, 1.54) is 11.8 Å². The minimum atomic E-state index is 0.546. The van der Waals surface area contributed by atoms with Gasteiger partial charge in [-0.05, 0) is 37.6 Å². The standard InChI is InChI=1S/C16H14N4OS/c1-10-11(2)19-20-16(14(10)8-18)22-9-13-6-12(7-17)4-5-15(13)21-3/h4-6H,9H2,1-3H3. The number of methoxy groups -OCH3 is 1. The molecule has 0 aliphatic carbocycles. The maximum absolute atomic E-state index is 9.30. The Morgan fingerprint density at radius 2 is 1.95 bits per heavy atom. The summed E-state index contributed by atoms with van der Waals surface area (Å²) >= 11 is 1.41. The molecule has 0 N–H and O–H groups in total. The van der Waals surface area contributed by atoms with Crippen LogP contribution in [-0.2, 0) is 5.75 Å². The summed E-state index contributed by atoms with van der Waals surface area (Å²) in [5.41, 5.74) is 3.61. The van der Waals surface area contributed by atoms with E-state index in [1.54, 1.807) is 25.3 Å². The maximum Gasteiger partial charge on any atom is 0.137 e. The summed E-state index contributed by atoms with van der Waals surface area (Å²) in [7, 11) is 1.59. The van der Waals surface area contributed by atoms with E-state index in [-0.39, 0.29) is 0 Å². The van der Waals surface area contributed by atoms with Crippen LogP contribution < -0.4 is 4.74 Å². The van der Waals surface area contributed by atoms with Crippen LogP contribution in [0.1, 0.15) is 27.9 Å². The van der Waals surface area contributed by atoms with Gasteiger partial charge in [-0.15, -0.1) is 5.10 Å². The number of rotatable bonds is 4. The first-order chi connectivity index (χ1) is 10.6. The van der Waals surface area contributed by atoms with Crippen molar-refractivity contribution in [3.05, 3.63) is 46.1 Å². The zero-order valence-electron chi connectivity index (χ0n) is 12.5. The topological polar surface area (TPSA) is 82.6 Å². The van der Waals surface area contributed by atoms with Crippen molar-refractivity contribution in [2.45, 2.75) is 24.6 Å². The molecule has 0 amide bonds. The van der Waals surface area contributed by atoms with E-state index >= 15 is 0 Å². The van der Waals surface area contributed by atoms with Crippen molar-refractivity contribution in [3.63, 3.8) is 0 Å². The number of aryl methyl sites for hydroxylation is 1. The van der Waals surface area contributed by atoms with Crippen molar-refractivity contribution in [1.82, 2.24) is 10.2 Å². The highest BCUT2D eigenvalue weighted by Crippen LogP contribution is 2.30. The predicted octanol–water partition coefficient (Wildman–Crippen LogP) is 3.14. The Kier molecular flexibility index (Phi) is 4.98. The van der Waals surface area contributed by atoms with Crippen molar-refractivity contribution < 1.29 is 4.74 Å². The van der Waals surface area contributed by atoms with Gasteiger partial charge in [0.15, 0.2) is 0 Å². The minimum Gasteiger partial charge on any atom is -0.496 e. The van der Waals surface area contributed by atoms with Crippen molar-refractivity contribution in [3.8, 4) is 17.9 Å². The molecule has 1 heterocycles. The van der Waals surface area contributed by atoms with Gasteiger partial charge in [-0.2, -0.15) is 15.6 Å². The van der Waals surface area contributed by atoms with Gasteiger partial charge in [-0.1, -0.05) is 11.8 Å². The Balaban J connectivity index is 2.30. The van der Waals surface area contributed by atoms with Crippen molar-refractivity contribution >= 4 is 11.8 Å². The fourth-order valence-corrected chi connectivity index (χ4v) is 2.89. The lowest BCUT2D eigenvalue weighted by Gasteiger charge is -2.10. The molecule has 22 heavy (non-hydrogen) atoms. The highest BCUT2D eigenvalue weighted by Gasteiger charge is 2.13. The Morgan fingerprint density at radius 1 is 1.18 bits per heavy atom. The third kappa shape index (κ3) is 3.19. The van der Waals surface area contributed by atoms with Gasteiger partial charge in [0.1, 0.15) is 16.8 Å². The highest BCUT2D eigenvalue weighted by atomic mass is 32.2. The Hall–Kier alpha value is -2.57. The molecule has 0 atom stereocenters. The van der Waals surface area contributed by atoms with E-state index < -0.39 is 0 Å². The number of benzene rings is 1. The van der Waals surface area contributed by atoms with E-state index in [4.69, 9.17) is 10.00 Å². The molecule has 0 aliphatic rings. The van der Waals surface area contributed by atoms with Gasteiger partial charge in [-0.25, -0.2) is 0 Å². The maximum atomic E-state index is 9.30. The van der Waals surface area contributed by atoms with Gasteiger partial charge in [0, 0.05) is 11.3 Å². The molecule has 0 radical (unpaired) electrons. The second kappa shape index (κ2) is 6.93. The number of nitriles is 2. The molecule has 0 spiro atoms. The van der Waals surface area contributed by atoms with Gasteiger partial charge in [0.25, 0.3) is 0 Å². The fraction of sp³-hybridized carbons (Fsp3) is 0.250. The van der Waals surface area contributed by atoms with Crippen molar-refractivity contribution in [2.75, 3.05) is 7.11 Å². The van der Waals surface area contributed by atoms with Gasteiger partial charge in [0.05, 0.1) is 30.0 Å². The minimum absolute atomic E-state index is 0.546. The average Bonchev–Trinajstić information content (AvgIpc) is 2.55. The quantitative estimate of drug-likeness (QED) is 0.807. The van der Waals surface area contributed by atoms with Crippen LogP contribution in [-0.4, -0.2) is 17.3 Å². The summed E-state index contributed by atoms with van der Waals surface area (Å²) < 4.78 is 5.31. The van der Waals surface area contributed by atoms with Crippen LogP contribution in [0.5, 0.6) is 5.75 Å². The monoisotopic (exact) mass is 310 g/mol. The Bertz CT molecular complexity index is 790. The third-order valence-electron chi connectivity index (χ3n) is 3.31. The molecule has 0 bridgehead atoms. The van der Waals surface area contributed by atoms with E-state index in [2.05, 4.69) is 22.3 Å². The molecule has 5 nitrogen and oxygen atoms in total. The summed E-state index contributed by atoms with van der Waals surface area (Å²) in [6.45, 7) is 3.69. The van der Waals surface area contributed by atoms with Crippen LogP contribution in [0.2, 0.25) is 0 Å². The van der Waals surface area contributed by atoms with E-state index in [1.807, 2.05) is 13.8 Å². The normalized spacial score (nSPS) is 9.86. The smallest absolute Gasteiger partial charge is 0.137 e. The Morgan fingerprint density at radius 3 is 2.59 bits per heavy atom. The molecular formula is C16H14N4OS. The summed E-state index contributed by atoms with van der Waals surface area (Å²) in [5.74, 6) is 1.26. The van der Waals surface area contributed by atoms with Crippen LogP contribution in [0.15, 0.2) is 23.2 Å². The van der Waals surface area contributed by atoms with Crippen molar-refractivity contribution in [1.29, 1.82) is 10.5 Å². The molecule has 6 heteroatoms. The zero-order valence-corrected chi connectivity index (χ0v) is 13.4. The summed E-state index contributed by atoms with van der Waals surface area (Å²) in [6, 6.07) is 9.56. The second-order valence-corrected chi connectivity index (χ2v) is 5.59. The van der Waals surface area contributed by atoms with Gasteiger partial charge in [-0.3, -0.25) is 0 Å². The summed E-state index contributed by atoms with van der Waals surface area (Å²) in [5, 5.41) is 27.1. The highest BCUT2D eigenvalue weighted by molar-refractivity contribution is 7.98. The molecule has 110 valence electrons. The summed E-state index contributed by atoms with van der Waals surface area (Å²) in [4.78, 5) is 0. The predicted molar refractivity (Wildman–Crippen MR) is 83.5 cm³/mol. The molecule has 0 fully saturated rings. The average molecular weight is 310 g/mol. The molecule has 2 aromatic rings. The third-order valence-corrected chi connectivity index (χ3v) is 4.32. The van der Waals surface area contributed by atoms with Gasteiger partial charge in [0.2, 0.25) is 0 Å². The van der Waals surface area contributed by atoms with E-state index in [9.17, 15) is 5.26 Å². The molecule has 0 unspecified atom stereocenters. The SMILES string of the molecule is COc1ccc(C#N)cc1CSc1nnc(C)c(C)c1C#N. The number of aromatic nitrogens is 2. The molecule has 1 aromatic heterocycles. The van der Waals surface area contributed by atoms with Gasteiger partial charge < -0.3 is 4.74 Å². The van der Waals surface area contributed by atoms with Crippen LogP contribution in [0, 0.1) is 36.5 Å². The van der Waals surface area contributed by atoms with Crippen LogP contribution in [0.25, 0.3) is 0 Å².